The van der Waals surface area contributed by atoms with E-state index in [2.05, 4.69) is 32.6 Å². The zero-order valence-electron chi connectivity index (χ0n) is 16.0. The molecule has 0 aliphatic rings. The van der Waals surface area contributed by atoms with Crippen molar-refractivity contribution in [2.24, 2.45) is 0 Å². The Morgan fingerprint density at radius 1 is 1.25 bits per heavy atom. The molecule has 0 aliphatic carbocycles. The predicted octanol–water partition coefficient (Wildman–Crippen LogP) is 2.96. The molecule has 0 amide bonds. The summed E-state index contributed by atoms with van der Waals surface area (Å²) in [7, 11) is 1.60. The van der Waals surface area contributed by atoms with Crippen LogP contribution in [-0.2, 0) is 16.0 Å². The number of aromatic nitrogens is 2. The number of benzene rings is 1. The molecule has 1 aromatic carbocycles. The Morgan fingerprint density at radius 3 is 2.71 bits per heavy atom. The minimum Gasteiger partial charge on any atom is -0.493 e. The lowest BCUT2D eigenvalue weighted by Crippen LogP contribution is -2.06. The highest BCUT2D eigenvalue weighted by Crippen LogP contribution is 2.35. The summed E-state index contributed by atoms with van der Waals surface area (Å²) in [5.41, 5.74) is 13.3. The van der Waals surface area contributed by atoms with Gasteiger partial charge in [0.25, 0.3) is 0 Å². The first kappa shape index (κ1) is 22.0. The van der Waals surface area contributed by atoms with E-state index >= 15 is 0 Å². The number of methoxy groups -OCH3 is 1. The van der Waals surface area contributed by atoms with Crippen LogP contribution in [-0.4, -0.2) is 36.3 Å². The molecule has 0 radical (unpaired) electrons. The number of anilines is 2. The van der Waals surface area contributed by atoms with Crippen molar-refractivity contribution >= 4 is 40.3 Å². The van der Waals surface area contributed by atoms with Gasteiger partial charge in [-0.3, -0.25) is 4.79 Å². The molecule has 0 spiro atoms. The number of esters is 1. The van der Waals surface area contributed by atoms with E-state index in [1.165, 1.54) is 0 Å². The van der Waals surface area contributed by atoms with Crippen LogP contribution in [0.3, 0.4) is 0 Å². The summed E-state index contributed by atoms with van der Waals surface area (Å²) in [6.07, 6.45) is 4.05. The molecule has 0 aliphatic heterocycles. The number of hydrogen-bond acceptors (Lipinski definition) is 8. The number of halogens is 1. The zero-order chi connectivity index (χ0) is 20.5. The number of nitrogens with zero attached hydrogens (tertiary/aromatic N) is 2. The molecule has 0 atom stereocenters. The molecule has 28 heavy (non-hydrogen) atoms. The highest BCUT2D eigenvalue weighted by Gasteiger charge is 2.13. The van der Waals surface area contributed by atoms with Crippen LogP contribution in [0, 0.1) is 3.57 Å². The van der Waals surface area contributed by atoms with Gasteiger partial charge in [-0.15, -0.1) is 0 Å². The fraction of sp³-hybridized carbons (Fsp3) is 0.421. The maximum Gasteiger partial charge on any atom is 0.305 e. The molecular formula is C19H25IN4O4. The summed E-state index contributed by atoms with van der Waals surface area (Å²) < 4.78 is 17.2. The molecule has 0 unspecified atom stereocenters. The third kappa shape index (κ3) is 6.39. The minimum atomic E-state index is -0.176. The number of rotatable bonds is 10. The Balaban J connectivity index is 1.99. The standard InChI is InChI=1S/C19H25IN4O4/c1-3-27-16(25)6-4-5-7-28-17-14(20)9-12(10-15(17)26-2)8-13-11-23-19(22)24-18(13)21/h9-11H,3-8H2,1-2H3,(H4,21,22,23,24). The van der Waals surface area contributed by atoms with Gasteiger partial charge in [-0.2, -0.15) is 4.98 Å². The highest BCUT2D eigenvalue weighted by atomic mass is 127. The maximum absolute atomic E-state index is 11.4. The Labute approximate surface area is 178 Å². The third-order valence-electron chi connectivity index (χ3n) is 3.93. The van der Waals surface area contributed by atoms with Crippen molar-refractivity contribution in [2.45, 2.75) is 32.6 Å². The molecule has 9 heteroatoms. The highest BCUT2D eigenvalue weighted by molar-refractivity contribution is 14.1. The molecule has 0 fully saturated rings. The normalized spacial score (nSPS) is 10.5. The van der Waals surface area contributed by atoms with Gasteiger partial charge in [-0.1, -0.05) is 0 Å². The number of ether oxygens (including phenoxy) is 3. The van der Waals surface area contributed by atoms with Crippen molar-refractivity contribution in [3.8, 4) is 11.5 Å². The first-order valence-electron chi connectivity index (χ1n) is 8.96. The first-order valence-corrected chi connectivity index (χ1v) is 10.0. The van der Waals surface area contributed by atoms with Crippen molar-refractivity contribution in [3.05, 3.63) is 33.0 Å². The van der Waals surface area contributed by atoms with Crippen molar-refractivity contribution in [1.29, 1.82) is 0 Å². The molecule has 0 bridgehead atoms. The molecule has 2 aromatic rings. The smallest absolute Gasteiger partial charge is 0.305 e. The van der Waals surface area contributed by atoms with Crippen LogP contribution >= 0.6 is 22.6 Å². The monoisotopic (exact) mass is 500 g/mol. The van der Waals surface area contributed by atoms with E-state index in [-0.39, 0.29) is 11.9 Å². The van der Waals surface area contributed by atoms with E-state index in [9.17, 15) is 4.79 Å². The predicted molar refractivity (Wildman–Crippen MR) is 115 cm³/mol. The fourth-order valence-electron chi connectivity index (χ4n) is 2.58. The quantitative estimate of drug-likeness (QED) is 0.290. The van der Waals surface area contributed by atoms with Crippen LogP contribution in [0.4, 0.5) is 11.8 Å². The van der Waals surface area contributed by atoms with Gasteiger partial charge in [0.15, 0.2) is 11.5 Å². The summed E-state index contributed by atoms with van der Waals surface area (Å²) in [6.45, 7) is 2.70. The van der Waals surface area contributed by atoms with Crippen molar-refractivity contribution in [2.75, 3.05) is 31.8 Å². The largest absolute Gasteiger partial charge is 0.493 e. The second-order valence-electron chi connectivity index (χ2n) is 6.04. The summed E-state index contributed by atoms with van der Waals surface area (Å²) in [5.74, 6) is 1.67. The molecule has 0 saturated heterocycles. The third-order valence-corrected chi connectivity index (χ3v) is 4.73. The molecule has 4 N–H and O–H groups in total. The summed E-state index contributed by atoms with van der Waals surface area (Å²) in [4.78, 5) is 19.3. The number of nitrogen functional groups attached to an aromatic ring is 2. The van der Waals surface area contributed by atoms with Gasteiger partial charge in [0.05, 0.1) is 23.9 Å². The molecule has 1 heterocycles. The molecule has 2 rings (SSSR count). The Morgan fingerprint density at radius 2 is 2.04 bits per heavy atom. The lowest BCUT2D eigenvalue weighted by atomic mass is 10.1. The summed E-state index contributed by atoms with van der Waals surface area (Å²) >= 11 is 2.21. The fourth-order valence-corrected chi connectivity index (χ4v) is 3.41. The van der Waals surface area contributed by atoms with Crippen molar-refractivity contribution in [1.82, 2.24) is 9.97 Å². The van der Waals surface area contributed by atoms with Crippen LogP contribution in [0.15, 0.2) is 18.3 Å². The molecule has 8 nitrogen and oxygen atoms in total. The Kier molecular flexibility index (Phi) is 8.55. The van der Waals surface area contributed by atoms with E-state index in [0.717, 1.165) is 21.1 Å². The van der Waals surface area contributed by atoms with E-state index in [1.807, 2.05) is 12.1 Å². The SMILES string of the molecule is CCOC(=O)CCCCOc1c(I)cc(Cc2cnc(N)nc2N)cc1OC. The number of unbranched alkanes of at least 4 members (excludes halogenated alkanes) is 1. The lowest BCUT2D eigenvalue weighted by Gasteiger charge is -2.15. The molecule has 1 aromatic heterocycles. The maximum atomic E-state index is 11.4. The van der Waals surface area contributed by atoms with Gasteiger partial charge in [0.2, 0.25) is 5.95 Å². The van der Waals surface area contributed by atoms with E-state index in [4.69, 9.17) is 25.7 Å². The van der Waals surface area contributed by atoms with Crippen LogP contribution in [0.25, 0.3) is 0 Å². The van der Waals surface area contributed by atoms with Crippen molar-refractivity contribution in [3.63, 3.8) is 0 Å². The topological polar surface area (TPSA) is 123 Å². The zero-order valence-corrected chi connectivity index (χ0v) is 18.2. The summed E-state index contributed by atoms with van der Waals surface area (Å²) in [6, 6.07) is 3.92. The Bertz CT molecular complexity index is 817. The Hall–Kier alpha value is -2.30. The first-order chi connectivity index (χ1) is 13.4. The van der Waals surface area contributed by atoms with Crippen LogP contribution in [0.1, 0.15) is 37.3 Å². The molecule has 0 saturated carbocycles. The molecular weight excluding hydrogens is 475 g/mol. The van der Waals surface area contributed by atoms with E-state index in [0.29, 0.717) is 49.8 Å². The summed E-state index contributed by atoms with van der Waals surface area (Å²) in [5, 5.41) is 0. The number of hydrogen-bond donors (Lipinski definition) is 2. The van der Waals surface area contributed by atoms with Gasteiger partial charge in [0.1, 0.15) is 5.82 Å². The average molecular weight is 500 g/mol. The van der Waals surface area contributed by atoms with Gasteiger partial charge >= 0.3 is 5.97 Å². The van der Waals surface area contributed by atoms with E-state index < -0.39 is 0 Å². The van der Waals surface area contributed by atoms with Gasteiger partial charge in [-0.05, 0) is 60.1 Å². The number of nitrogens with two attached hydrogens (primary N) is 2. The second-order valence-corrected chi connectivity index (χ2v) is 7.20. The van der Waals surface area contributed by atoms with Gasteiger partial charge in [0, 0.05) is 24.6 Å². The lowest BCUT2D eigenvalue weighted by molar-refractivity contribution is -0.143. The molecule has 152 valence electrons. The van der Waals surface area contributed by atoms with Crippen LogP contribution in [0.2, 0.25) is 0 Å². The van der Waals surface area contributed by atoms with Gasteiger partial charge < -0.3 is 25.7 Å². The average Bonchev–Trinajstić information content (AvgIpc) is 2.65. The van der Waals surface area contributed by atoms with Crippen molar-refractivity contribution < 1.29 is 19.0 Å². The number of carbonyl (C=O) groups excluding carboxylic acids is 1. The van der Waals surface area contributed by atoms with E-state index in [1.54, 1.807) is 20.2 Å². The second kappa shape index (κ2) is 10.9. The van der Waals surface area contributed by atoms with Crippen LogP contribution in [0.5, 0.6) is 11.5 Å². The minimum absolute atomic E-state index is 0.153. The van der Waals surface area contributed by atoms with Crippen LogP contribution < -0.4 is 20.9 Å². The number of carbonyl (C=O) groups is 1. The van der Waals surface area contributed by atoms with Gasteiger partial charge in [-0.25, -0.2) is 4.98 Å².